The second-order valence-electron chi connectivity index (χ2n) is 5.09. The molecule has 13 heteroatoms. The molecule has 134 valence electrons. The van der Waals surface area contributed by atoms with Crippen LogP contribution >= 0.6 is 11.3 Å². The number of carboxylic acid groups (broad SMARTS) is 1. The van der Waals surface area contributed by atoms with Crippen molar-refractivity contribution in [1.82, 2.24) is 35.3 Å². The summed E-state index contributed by atoms with van der Waals surface area (Å²) in [4.78, 5) is 26.8. The number of carbonyl (C=O) groups is 2. The number of esters is 1. The molecule has 1 fully saturated rings. The van der Waals surface area contributed by atoms with Gasteiger partial charge >= 0.3 is 12.1 Å². The summed E-state index contributed by atoms with van der Waals surface area (Å²) in [5.74, 6) is -0.169. The fourth-order valence-corrected chi connectivity index (χ4v) is 3.06. The van der Waals surface area contributed by atoms with Crippen molar-refractivity contribution in [1.29, 1.82) is 0 Å². The number of ether oxygens (including phenoxy) is 1. The lowest BCUT2D eigenvalue weighted by atomic mass is 10.3. The number of tetrazole rings is 1. The highest BCUT2D eigenvalue weighted by Gasteiger charge is 2.23. The molecular formula is C12H16N8O4S. The molecule has 3 heterocycles. The molecule has 0 atom stereocenters. The standard InChI is InChI=1S/C12H16N8O4S/c1-2-24-8(21)7-20-16-9(13-17-20)10-14-15-11(25-10)18-3-5-19(6-4-18)12(22)23/h2-7H2,1H3,(H,22,23). The molecule has 12 nitrogen and oxygen atoms in total. The largest absolute Gasteiger partial charge is 0.465 e. The smallest absolute Gasteiger partial charge is 0.407 e. The minimum atomic E-state index is -0.917. The van der Waals surface area contributed by atoms with Gasteiger partial charge in [-0.3, -0.25) is 0 Å². The SMILES string of the molecule is CCOC(=O)Cn1nnc(-c2nnc(N3CCN(C(=O)O)CC3)s2)n1. The summed E-state index contributed by atoms with van der Waals surface area (Å²) >= 11 is 1.29. The van der Waals surface area contributed by atoms with Gasteiger partial charge in [0.1, 0.15) is 0 Å². The van der Waals surface area contributed by atoms with Crippen LogP contribution in [0.4, 0.5) is 9.93 Å². The molecule has 2 aromatic rings. The van der Waals surface area contributed by atoms with Gasteiger partial charge < -0.3 is 19.6 Å². The third-order valence-corrected chi connectivity index (χ3v) is 4.44. The first kappa shape index (κ1) is 17.0. The Balaban J connectivity index is 1.63. The summed E-state index contributed by atoms with van der Waals surface area (Å²) < 4.78 is 4.82. The zero-order valence-electron chi connectivity index (χ0n) is 13.4. The molecule has 3 rings (SSSR count). The van der Waals surface area contributed by atoms with Gasteiger partial charge in [0, 0.05) is 26.2 Å². The molecule has 0 spiro atoms. The highest BCUT2D eigenvalue weighted by Crippen LogP contribution is 2.26. The lowest BCUT2D eigenvalue weighted by molar-refractivity contribution is -0.144. The van der Waals surface area contributed by atoms with Gasteiger partial charge in [0.25, 0.3) is 0 Å². The van der Waals surface area contributed by atoms with Crippen LogP contribution in [0.1, 0.15) is 6.92 Å². The fourth-order valence-electron chi connectivity index (χ4n) is 2.24. The minimum absolute atomic E-state index is 0.121. The first-order valence-electron chi connectivity index (χ1n) is 7.57. The first-order valence-corrected chi connectivity index (χ1v) is 8.38. The number of amides is 1. The Morgan fingerprint density at radius 3 is 2.64 bits per heavy atom. The maximum absolute atomic E-state index is 11.4. The zero-order chi connectivity index (χ0) is 17.8. The maximum atomic E-state index is 11.4. The molecular weight excluding hydrogens is 352 g/mol. The van der Waals surface area contributed by atoms with Crippen LogP contribution in [0.3, 0.4) is 0 Å². The van der Waals surface area contributed by atoms with Gasteiger partial charge in [0.15, 0.2) is 11.6 Å². The first-order chi connectivity index (χ1) is 12.1. The van der Waals surface area contributed by atoms with Crippen LogP contribution in [0.25, 0.3) is 10.8 Å². The monoisotopic (exact) mass is 368 g/mol. The van der Waals surface area contributed by atoms with E-state index in [1.165, 1.54) is 16.2 Å². The van der Waals surface area contributed by atoms with Crippen LogP contribution in [-0.4, -0.2) is 85.3 Å². The minimum Gasteiger partial charge on any atom is -0.465 e. The van der Waals surface area contributed by atoms with Crippen molar-refractivity contribution < 1.29 is 19.4 Å². The molecule has 0 saturated carbocycles. The lowest BCUT2D eigenvalue weighted by Gasteiger charge is -2.32. The van der Waals surface area contributed by atoms with Crippen molar-refractivity contribution in [3.8, 4) is 10.8 Å². The predicted molar refractivity (Wildman–Crippen MR) is 85.2 cm³/mol. The van der Waals surface area contributed by atoms with Crippen molar-refractivity contribution in [2.24, 2.45) is 0 Å². The number of hydrogen-bond donors (Lipinski definition) is 1. The Morgan fingerprint density at radius 1 is 1.20 bits per heavy atom. The van der Waals surface area contributed by atoms with E-state index in [1.54, 1.807) is 6.92 Å². The Bertz CT molecular complexity index is 754. The van der Waals surface area contributed by atoms with E-state index in [0.717, 1.165) is 4.80 Å². The summed E-state index contributed by atoms with van der Waals surface area (Å²) in [5, 5.41) is 30.0. The van der Waals surface area contributed by atoms with E-state index in [-0.39, 0.29) is 19.0 Å². The van der Waals surface area contributed by atoms with Crippen molar-refractivity contribution in [3.05, 3.63) is 0 Å². The van der Waals surface area contributed by atoms with Gasteiger partial charge in [0.2, 0.25) is 11.0 Å². The molecule has 1 aliphatic rings. The molecule has 1 saturated heterocycles. The van der Waals surface area contributed by atoms with Crippen molar-refractivity contribution in [3.63, 3.8) is 0 Å². The Morgan fingerprint density at radius 2 is 1.96 bits per heavy atom. The lowest BCUT2D eigenvalue weighted by Crippen LogP contribution is -2.48. The zero-order valence-corrected chi connectivity index (χ0v) is 14.2. The second kappa shape index (κ2) is 7.38. The molecule has 2 aromatic heterocycles. The van der Waals surface area contributed by atoms with E-state index in [2.05, 4.69) is 25.6 Å². The maximum Gasteiger partial charge on any atom is 0.407 e. The molecule has 0 unspecified atom stereocenters. The van der Waals surface area contributed by atoms with Crippen LogP contribution in [-0.2, 0) is 16.1 Å². The highest BCUT2D eigenvalue weighted by molar-refractivity contribution is 7.18. The summed E-state index contributed by atoms with van der Waals surface area (Å²) in [6.07, 6.45) is -0.917. The number of carbonyl (C=O) groups excluding carboxylic acids is 1. The number of anilines is 1. The molecule has 0 bridgehead atoms. The van der Waals surface area contributed by atoms with Crippen molar-refractivity contribution >= 4 is 28.5 Å². The molecule has 1 amide bonds. The van der Waals surface area contributed by atoms with E-state index in [4.69, 9.17) is 9.84 Å². The van der Waals surface area contributed by atoms with E-state index in [9.17, 15) is 9.59 Å². The summed E-state index contributed by atoms with van der Waals surface area (Å²) in [6.45, 7) is 3.81. The number of nitrogens with zero attached hydrogens (tertiary/aromatic N) is 8. The normalized spacial score (nSPS) is 14.6. The molecule has 1 aliphatic heterocycles. The van der Waals surface area contributed by atoms with Crippen molar-refractivity contribution in [2.45, 2.75) is 13.5 Å². The van der Waals surface area contributed by atoms with Gasteiger partial charge in [-0.2, -0.15) is 4.80 Å². The summed E-state index contributed by atoms with van der Waals surface area (Å²) in [5.41, 5.74) is 0. The molecule has 25 heavy (non-hydrogen) atoms. The van der Waals surface area contributed by atoms with Crippen LogP contribution in [0, 0.1) is 0 Å². The van der Waals surface area contributed by atoms with Crippen molar-refractivity contribution in [2.75, 3.05) is 37.7 Å². The number of aromatic nitrogens is 6. The Kier molecular flexibility index (Phi) is 5.02. The van der Waals surface area contributed by atoms with Crippen LogP contribution in [0.5, 0.6) is 0 Å². The van der Waals surface area contributed by atoms with Crippen LogP contribution < -0.4 is 4.90 Å². The third-order valence-electron chi connectivity index (χ3n) is 3.46. The van der Waals surface area contributed by atoms with Gasteiger partial charge in [-0.05, 0) is 12.1 Å². The number of hydrogen-bond acceptors (Lipinski definition) is 10. The average molecular weight is 368 g/mol. The fraction of sp³-hybridized carbons (Fsp3) is 0.583. The Labute approximate surface area is 146 Å². The number of piperazine rings is 1. The van der Waals surface area contributed by atoms with Crippen LogP contribution in [0.2, 0.25) is 0 Å². The summed E-state index contributed by atoms with van der Waals surface area (Å²) in [6, 6.07) is 0. The topological polar surface area (TPSA) is 139 Å². The van der Waals surface area contributed by atoms with Gasteiger partial charge in [-0.1, -0.05) is 11.3 Å². The molecule has 0 radical (unpaired) electrons. The van der Waals surface area contributed by atoms with Crippen LogP contribution in [0.15, 0.2) is 0 Å². The van der Waals surface area contributed by atoms with E-state index in [1.807, 2.05) is 4.90 Å². The van der Waals surface area contributed by atoms with Gasteiger partial charge in [-0.15, -0.1) is 20.4 Å². The van der Waals surface area contributed by atoms with E-state index < -0.39 is 12.1 Å². The quantitative estimate of drug-likeness (QED) is 0.690. The Hall–Kier alpha value is -2.83. The molecule has 1 N–H and O–H groups in total. The van der Waals surface area contributed by atoms with E-state index >= 15 is 0 Å². The van der Waals surface area contributed by atoms with Gasteiger partial charge in [-0.25, -0.2) is 9.59 Å². The molecule has 0 aromatic carbocycles. The molecule has 0 aliphatic carbocycles. The second-order valence-corrected chi connectivity index (χ2v) is 6.05. The van der Waals surface area contributed by atoms with E-state index in [0.29, 0.717) is 36.3 Å². The predicted octanol–water partition coefficient (Wildman–Crippen LogP) is -0.445. The highest BCUT2D eigenvalue weighted by atomic mass is 32.1. The third kappa shape index (κ3) is 3.99. The summed E-state index contributed by atoms with van der Waals surface area (Å²) in [7, 11) is 0. The average Bonchev–Trinajstić information content (AvgIpc) is 3.24. The number of rotatable bonds is 5. The van der Waals surface area contributed by atoms with Gasteiger partial charge in [0.05, 0.1) is 6.61 Å².